The molecule has 0 spiro atoms. The predicted molar refractivity (Wildman–Crippen MR) is 205 cm³/mol. The fourth-order valence-electron chi connectivity index (χ4n) is 7.71. The number of rotatable bonds is 14. The van der Waals surface area contributed by atoms with Crippen molar-refractivity contribution in [3.63, 3.8) is 0 Å². The number of halogens is 8. The van der Waals surface area contributed by atoms with Crippen LogP contribution in [0.5, 0.6) is 0 Å². The topological polar surface area (TPSA) is 0 Å². The molecule has 0 heterocycles. The van der Waals surface area contributed by atoms with E-state index >= 15 is 13.2 Å². The van der Waals surface area contributed by atoms with Gasteiger partial charge in [-0.25, -0.2) is 0 Å². The lowest BCUT2D eigenvalue weighted by molar-refractivity contribution is -0.180. The van der Waals surface area contributed by atoms with Gasteiger partial charge in [0, 0.05) is 16.1 Å². The third-order valence-corrected chi connectivity index (χ3v) is 12.4. The Balaban J connectivity index is 1.58. The van der Waals surface area contributed by atoms with Gasteiger partial charge in [0.2, 0.25) is 0 Å². The van der Waals surface area contributed by atoms with E-state index in [-0.39, 0.29) is 22.1 Å². The van der Waals surface area contributed by atoms with Crippen molar-refractivity contribution in [1.29, 1.82) is 0 Å². The molecule has 8 heteroatoms. The fourth-order valence-corrected chi connectivity index (χ4v) is 8.51. The van der Waals surface area contributed by atoms with Gasteiger partial charge in [-0.05, 0) is 103 Å². The number of unbranched alkanes of at least 4 members (excludes halogenated alkanes) is 4. The number of aryl methyl sites for hydroxylation is 1. The van der Waals surface area contributed by atoms with E-state index in [0.717, 1.165) is 98.1 Å². The van der Waals surface area contributed by atoms with Gasteiger partial charge in [0.15, 0.2) is 0 Å². The Morgan fingerprint density at radius 2 is 0.961 bits per heavy atom. The Labute approximate surface area is 315 Å². The highest BCUT2D eigenvalue weighted by atomic mass is 79.9. The van der Waals surface area contributed by atoms with Crippen molar-refractivity contribution in [3.8, 4) is 22.3 Å². The Bertz CT molecular complexity index is 1780. The van der Waals surface area contributed by atoms with Gasteiger partial charge < -0.3 is 0 Å². The van der Waals surface area contributed by atoms with Gasteiger partial charge in [0.1, 0.15) is 5.41 Å². The van der Waals surface area contributed by atoms with Crippen LogP contribution < -0.4 is 0 Å². The minimum Gasteiger partial charge on any atom is -0.170 e. The van der Waals surface area contributed by atoms with Crippen LogP contribution in [0.3, 0.4) is 0 Å². The molecule has 0 aromatic heterocycles. The lowest BCUT2D eigenvalue weighted by atomic mass is 9.68. The van der Waals surface area contributed by atoms with E-state index in [4.69, 9.17) is 0 Å². The van der Waals surface area contributed by atoms with Gasteiger partial charge >= 0.3 is 12.4 Å². The molecule has 1 unspecified atom stereocenters. The molecule has 0 amide bonds. The fraction of sp³-hybridized carbons (Fsp3) is 0.442. The first-order valence-corrected chi connectivity index (χ1v) is 20.0. The van der Waals surface area contributed by atoms with Gasteiger partial charge in [-0.3, -0.25) is 0 Å². The number of hydrogen-bond donors (Lipinski definition) is 0. The van der Waals surface area contributed by atoms with Crippen LogP contribution in [-0.4, -0.2) is 23.0 Å². The van der Waals surface area contributed by atoms with Crippen molar-refractivity contribution in [2.45, 2.75) is 108 Å². The summed E-state index contributed by atoms with van der Waals surface area (Å²) in [4.78, 5) is 0. The number of fused-ring (bicyclic) bond motifs is 3. The summed E-state index contributed by atoms with van der Waals surface area (Å²) in [6.07, 6.45) is -1.14. The Hall–Kier alpha value is -2.58. The average Bonchev–Trinajstić information content (AvgIpc) is 3.35. The van der Waals surface area contributed by atoms with Gasteiger partial charge in [-0.15, -0.1) is 0 Å². The van der Waals surface area contributed by atoms with E-state index < -0.39 is 23.2 Å². The smallest absolute Gasteiger partial charge is 0.170 e. The third kappa shape index (κ3) is 7.60. The molecule has 4 aromatic rings. The van der Waals surface area contributed by atoms with E-state index in [0.29, 0.717) is 11.1 Å². The van der Waals surface area contributed by atoms with Crippen molar-refractivity contribution in [3.05, 3.63) is 118 Å². The molecule has 1 atom stereocenters. The molecule has 0 saturated carbocycles. The molecule has 0 fully saturated rings. The van der Waals surface area contributed by atoms with Crippen molar-refractivity contribution >= 4 is 31.9 Å². The zero-order valence-corrected chi connectivity index (χ0v) is 32.8. The molecular formula is C43H46Br2F6. The summed E-state index contributed by atoms with van der Waals surface area (Å²) in [5.41, 5.74) is 2.49. The summed E-state index contributed by atoms with van der Waals surface area (Å²) in [6, 6.07) is 24.2. The van der Waals surface area contributed by atoms with Crippen molar-refractivity contribution < 1.29 is 26.3 Å². The van der Waals surface area contributed by atoms with Crippen molar-refractivity contribution in [2.24, 2.45) is 0 Å². The molecule has 0 aliphatic heterocycles. The highest BCUT2D eigenvalue weighted by Gasteiger charge is 2.54. The second-order valence-corrected chi connectivity index (χ2v) is 16.4. The van der Waals surface area contributed by atoms with E-state index in [2.05, 4.69) is 57.0 Å². The third-order valence-electron chi connectivity index (χ3n) is 11.2. The molecule has 0 radical (unpaired) electrons. The Morgan fingerprint density at radius 1 is 0.510 bits per heavy atom. The monoisotopic (exact) mass is 834 g/mol. The standard InChI is InChI=1S/C43H46Br2F6/c1-29-11-21-35-36-22-20-34(28-38(36)41(37(35)27-29,23-7-5-9-25-44)24-8-6-10-26-45)40(4,43(49,50)51)33-18-14-31(15-19-33)30-12-16-32(17-13-30)39(2,3)42(46,47)48/h11-22,27-28H,5-10,23-26H2,1-4H3. The van der Waals surface area contributed by atoms with Gasteiger partial charge in [0.05, 0.1) is 5.41 Å². The highest BCUT2D eigenvalue weighted by molar-refractivity contribution is 9.09. The lowest BCUT2D eigenvalue weighted by Crippen LogP contribution is -2.41. The largest absolute Gasteiger partial charge is 0.402 e. The number of hydrogen-bond acceptors (Lipinski definition) is 0. The zero-order valence-electron chi connectivity index (χ0n) is 29.7. The lowest BCUT2D eigenvalue weighted by Gasteiger charge is -2.36. The molecule has 0 nitrogen and oxygen atoms in total. The maximum absolute atomic E-state index is 15.5. The molecule has 0 bridgehead atoms. The Morgan fingerprint density at radius 3 is 1.43 bits per heavy atom. The van der Waals surface area contributed by atoms with Crippen LogP contribution in [0.4, 0.5) is 26.3 Å². The van der Waals surface area contributed by atoms with Crippen LogP contribution >= 0.6 is 31.9 Å². The molecule has 51 heavy (non-hydrogen) atoms. The quantitative estimate of drug-likeness (QED) is 0.0674. The van der Waals surface area contributed by atoms with Gasteiger partial charge in [-0.1, -0.05) is 148 Å². The van der Waals surface area contributed by atoms with Gasteiger partial charge in [0.25, 0.3) is 0 Å². The maximum atomic E-state index is 15.5. The second kappa shape index (κ2) is 15.4. The van der Waals surface area contributed by atoms with Gasteiger partial charge in [-0.2, -0.15) is 26.3 Å². The first-order valence-electron chi connectivity index (χ1n) is 17.7. The minimum absolute atomic E-state index is 0.111. The summed E-state index contributed by atoms with van der Waals surface area (Å²) >= 11 is 7.11. The van der Waals surface area contributed by atoms with E-state index in [1.165, 1.54) is 36.8 Å². The zero-order chi connectivity index (χ0) is 37.2. The van der Waals surface area contributed by atoms with Crippen LogP contribution in [0.1, 0.15) is 106 Å². The second-order valence-electron chi connectivity index (χ2n) is 14.8. The van der Waals surface area contributed by atoms with E-state index in [1.807, 2.05) is 12.1 Å². The maximum Gasteiger partial charge on any atom is 0.402 e. The van der Waals surface area contributed by atoms with Crippen molar-refractivity contribution in [1.82, 2.24) is 0 Å². The first kappa shape index (κ1) is 39.6. The highest BCUT2D eigenvalue weighted by Crippen LogP contribution is 2.56. The summed E-state index contributed by atoms with van der Waals surface area (Å²) in [6.45, 7) is 5.61. The summed E-state index contributed by atoms with van der Waals surface area (Å²) in [5.74, 6) is 0. The van der Waals surface area contributed by atoms with Crippen LogP contribution in [0.15, 0.2) is 84.9 Å². The first-order chi connectivity index (χ1) is 24.0. The SMILES string of the molecule is Cc1ccc2c(c1)C(CCCCCBr)(CCCCCBr)c1cc(C(C)(c3ccc(-c4ccc(C(C)(C)C(F)(F)F)cc4)cc3)C(F)(F)F)ccc1-2. The van der Waals surface area contributed by atoms with E-state index in [1.54, 1.807) is 30.3 Å². The molecule has 5 rings (SSSR count). The molecule has 274 valence electrons. The summed E-state index contributed by atoms with van der Waals surface area (Å²) < 4.78 is 87.3. The minimum atomic E-state index is -4.61. The molecule has 4 aromatic carbocycles. The van der Waals surface area contributed by atoms with Crippen LogP contribution in [0.2, 0.25) is 0 Å². The average molecular weight is 837 g/mol. The predicted octanol–water partition coefficient (Wildman–Crippen LogP) is 14.5. The van der Waals surface area contributed by atoms with Crippen LogP contribution in [-0.2, 0) is 16.2 Å². The number of benzene rings is 4. The number of alkyl halides is 8. The van der Waals surface area contributed by atoms with Crippen LogP contribution in [0.25, 0.3) is 22.3 Å². The van der Waals surface area contributed by atoms with Crippen molar-refractivity contribution in [2.75, 3.05) is 10.7 Å². The normalized spacial score (nSPS) is 15.4. The molecule has 0 N–H and O–H groups in total. The van der Waals surface area contributed by atoms with Crippen LogP contribution in [0, 0.1) is 6.92 Å². The summed E-state index contributed by atoms with van der Waals surface area (Å²) in [5, 5.41) is 1.85. The summed E-state index contributed by atoms with van der Waals surface area (Å²) in [7, 11) is 0. The van der Waals surface area contributed by atoms with E-state index in [9.17, 15) is 13.2 Å². The molecule has 0 saturated heterocycles. The molecule has 1 aliphatic carbocycles. The molecule has 1 aliphatic rings. The molecular weight excluding hydrogens is 790 g/mol. The Kier molecular flexibility index (Phi) is 12.0.